The van der Waals surface area contributed by atoms with Crippen molar-refractivity contribution >= 4 is 0 Å². The maximum atomic E-state index is 9.65. The smallest absolute Gasteiger partial charge is 0.0553 e. The summed E-state index contributed by atoms with van der Waals surface area (Å²) in [5.74, 6) is 0. The first-order valence-corrected chi connectivity index (χ1v) is 6.35. The summed E-state index contributed by atoms with van der Waals surface area (Å²) in [6.45, 7) is 0.707. The fourth-order valence-corrected chi connectivity index (χ4v) is 1.65. The molecule has 3 unspecified atom stereocenters. The highest BCUT2D eigenvalue weighted by Crippen LogP contribution is 2.11. The van der Waals surface area contributed by atoms with Gasteiger partial charge in [-0.2, -0.15) is 0 Å². The Balaban J connectivity index is 3.56. The lowest BCUT2D eigenvalue weighted by Gasteiger charge is -2.15. The van der Waals surface area contributed by atoms with Crippen LogP contribution in [-0.2, 0) is 0 Å². The summed E-state index contributed by atoms with van der Waals surface area (Å²) in [4.78, 5) is 2.60. The Kier molecular flexibility index (Phi) is 10.7. The molecule has 0 saturated carbocycles. The van der Waals surface area contributed by atoms with Crippen molar-refractivity contribution in [2.24, 2.45) is 10.8 Å². The molecule has 0 aromatic carbocycles. The molecule has 106 valence electrons. The summed E-state index contributed by atoms with van der Waals surface area (Å²) in [5.41, 5.74) is 13.4. The minimum Gasteiger partial charge on any atom is -0.393 e. The van der Waals surface area contributed by atoms with Crippen molar-refractivity contribution in [3.8, 4) is 0 Å². The van der Waals surface area contributed by atoms with Gasteiger partial charge < -0.3 is 21.1 Å². The predicted molar refractivity (Wildman–Crippen MR) is 68.8 cm³/mol. The van der Waals surface area contributed by atoms with Gasteiger partial charge in [-0.3, -0.25) is 0 Å². The van der Waals surface area contributed by atoms with Gasteiger partial charge in [-0.25, -0.2) is 0 Å². The molecule has 18 heavy (non-hydrogen) atoms. The van der Waals surface area contributed by atoms with Crippen LogP contribution >= 0.6 is 0 Å². The molecule has 0 radical (unpaired) electrons. The summed E-state index contributed by atoms with van der Waals surface area (Å²) in [6.07, 6.45) is 1.39. The molecule has 0 spiro atoms. The standard InChI is InChI=1S/C11H24N4O3/c12-7-5-10(17)3-1-9(16)2-4-11(18)6-8-14-15-13/h9-11,16-18H,1-8,12H2. The summed E-state index contributed by atoms with van der Waals surface area (Å²) in [7, 11) is 0. The third-order valence-corrected chi connectivity index (χ3v) is 2.79. The average molecular weight is 260 g/mol. The molecule has 5 N–H and O–H groups in total. The summed E-state index contributed by atoms with van der Waals surface area (Å²) in [5, 5.41) is 31.9. The van der Waals surface area contributed by atoms with Gasteiger partial charge >= 0.3 is 0 Å². The van der Waals surface area contributed by atoms with E-state index in [-0.39, 0.29) is 6.54 Å². The molecule has 0 rings (SSSR count). The topological polar surface area (TPSA) is 135 Å². The summed E-state index contributed by atoms with van der Waals surface area (Å²) in [6, 6.07) is 0. The van der Waals surface area contributed by atoms with Crippen LogP contribution in [0.25, 0.3) is 10.4 Å². The van der Waals surface area contributed by atoms with Crippen LogP contribution < -0.4 is 5.73 Å². The molecule has 3 atom stereocenters. The first kappa shape index (κ1) is 17.2. The molecule has 0 aliphatic rings. The largest absolute Gasteiger partial charge is 0.393 e. The minimum absolute atomic E-state index is 0.267. The zero-order chi connectivity index (χ0) is 13.8. The van der Waals surface area contributed by atoms with E-state index in [0.717, 1.165) is 0 Å². The lowest BCUT2D eigenvalue weighted by molar-refractivity contribution is 0.0851. The Bertz CT molecular complexity index is 246. The average Bonchev–Trinajstić information content (AvgIpc) is 2.34. The zero-order valence-corrected chi connectivity index (χ0v) is 10.6. The van der Waals surface area contributed by atoms with Crippen molar-refractivity contribution in [3.63, 3.8) is 0 Å². The highest BCUT2D eigenvalue weighted by Gasteiger charge is 2.11. The van der Waals surface area contributed by atoms with Gasteiger partial charge in [0.05, 0.1) is 18.3 Å². The Labute approximate surface area is 107 Å². The van der Waals surface area contributed by atoms with Crippen LogP contribution in [0.4, 0.5) is 0 Å². The molecule has 0 aromatic heterocycles. The van der Waals surface area contributed by atoms with Gasteiger partial charge in [0.2, 0.25) is 0 Å². The van der Waals surface area contributed by atoms with E-state index < -0.39 is 18.3 Å². The summed E-state index contributed by atoms with van der Waals surface area (Å²) >= 11 is 0. The van der Waals surface area contributed by atoms with Crippen LogP contribution in [0.2, 0.25) is 0 Å². The highest BCUT2D eigenvalue weighted by molar-refractivity contribution is 4.65. The van der Waals surface area contributed by atoms with Crippen LogP contribution in [-0.4, -0.2) is 46.7 Å². The van der Waals surface area contributed by atoms with Gasteiger partial charge in [-0.1, -0.05) is 5.11 Å². The fraction of sp³-hybridized carbons (Fsp3) is 1.00. The van der Waals surface area contributed by atoms with Crippen LogP contribution in [0.15, 0.2) is 5.11 Å². The van der Waals surface area contributed by atoms with Crippen molar-refractivity contribution in [2.45, 2.75) is 56.8 Å². The molecule has 7 nitrogen and oxygen atoms in total. The van der Waals surface area contributed by atoms with Crippen LogP contribution in [0, 0.1) is 0 Å². The molecule has 0 amide bonds. The number of hydrogen-bond donors (Lipinski definition) is 4. The molecule has 0 saturated heterocycles. The fourth-order valence-electron chi connectivity index (χ4n) is 1.65. The van der Waals surface area contributed by atoms with E-state index in [2.05, 4.69) is 10.0 Å². The summed E-state index contributed by atoms with van der Waals surface area (Å²) < 4.78 is 0. The minimum atomic E-state index is -0.556. The van der Waals surface area contributed by atoms with E-state index in [4.69, 9.17) is 11.3 Å². The molecular weight excluding hydrogens is 236 g/mol. The second-order valence-electron chi connectivity index (χ2n) is 4.44. The van der Waals surface area contributed by atoms with Crippen molar-refractivity contribution in [2.75, 3.05) is 13.1 Å². The van der Waals surface area contributed by atoms with E-state index in [9.17, 15) is 15.3 Å². The van der Waals surface area contributed by atoms with Gasteiger partial charge in [0.25, 0.3) is 0 Å². The Morgan fingerprint density at radius 2 is 1.33 bits per heavy atom. The predicted octanol–water partition coefficient (Wildman–Crippen LogP) is 0.679. The first-order valence-electron chi connectivity index (χ1n) is 6.35. The van der Waals surface area contributed by atoms with E-state index in [1.165, 1.54) is 0 Å². The van der Waals surface area contributed by atoms with E-state index in [0.29, 0.717) is 45.1 Å². The van der Waals surface area contributed by atoms with Crippen molar-refractivity contribution in [1.29, 1.82) is 0 Å². The van der Waals surface area contributed by atoms with Crippen molar-refractivity contribution < 1.29 is 15.3 Å². The maximum absolute atomic E-state index is 9.65. The van der Waals surface area contributed by atoms with Gasteiger partial charge in [-0.15, -0.1) is 0 Å². The molecule has 0 bridgehead atoms. The Hall–Kier alpha value is -0.850. The van der Waals surface area contributed by atoms with Crippen LogP contribution in [0.3, 0.4) is 0 Å². The van der Waals surface area contributed by atoms with Gasteiger partial charge in [0, 0.05) is 11.5 Å². The van der Waals surface area contributed by atoms with Gasteiger partial charge in [0.1, 0.15) is 0 Å². The number of aliphatic hydroxyl groups is 3. The highest BCUT2D eigenvalue weighted by atomic mass is 16.3. The third kappa shape index (κ3) is 10.3. The molecule has 0 fully saturated rings. The third-order valence-electron chi connectivity index (χ3n) is 2.79. The maximum Gasteiger partial charge on any atom is 0.0553 e. The number of azide groups is 1. The number of rotatable bonds is 11. The second kappa shape index (κ2) is 11.3. The molecule has 0 aromatic rings. The quantitative estimate of drug-likeness (QED) is 0.247. The monoisotopic (exact) mass is 260 g/mol. The molecule has 0 heterocycles. The Morgan fingerprint density at radius 1 is 0.889 bits per heavy atom. The Morgan fingerprint density at radius 3 is 1.78 bits per heavy atom. The molecular formula is C11H24N4O3. The first-order chi connectivity index (χ1) is 8.60. The number of aliphatic hydroxyl groups excluding tert-OH is 3. The normalized spacial score (nSPS) is 15.8. The van der Waals surface area contributed by atoms with Gasteiger partial charge in [0.15, 0.2) is 0 Å². The SMILES string of the molecule is [N-]=[N+]=NCCC(O)CCC(O)CCC(O)CCN. The number of hydrogen-bond acceptors (Lipinski definition) is 5. The molecule has 0 aliphatic heterocycles. The van der Waals surface area contributed by atoms with E-state index >= 15 is 0 Å². The molecule has 0 aliphatic carbocycles. The van der Waals surface area contributed by atoms with E-state index in [1.54, 1.807) is 0 Å². The second-order valence-corrected chi connectivity index (χ2v) is 4.44. The van der Waals surface area contributed by atoms with Crippen LogP contribution in [0.5, 0.6) is 0 Å². The zero-order valence-electron chi connectivity index (χ0n) is 10.6. The lowest BCUT2D eigenvalue weighted by atomic mass is 10.0. The van der Waals surface area contributed by atoms with Gasteiger partial charge in [-0.05, 0) is 50.6 Å². The van der Waals surface area contributed by atoms with Crippen LogP contribution in [0.1, 0.15) is 38.5 Å². The van der Waals surface area contributed by atoms with Crippen molar-refractivity contribution in [3.05, 3.63) is 10.4 Å². The lowest BCUT2D eigenvalue weighted by Crippen LogP contribution is -2.18. The molecule has 7 heteroatoms. The van der Waals surface area contributed by atoms with E-state index in [1.807, 2.05) is 0 Å². The van der Waals surface area contributed by atoms with Crippen molar-refractivity contribution in [1.82, 2.24) is 0 Å². The number of nitrogens with two attached hydrogens (primary N) is 1. The number of nitrogens with zero attached hydrogens (tertiary/aromatic N) is 3.